The van der Waals surface area contributed by atoms with Crippen molar-refractivity contribution < 1.29 is 14.4 Å². The zero-order chi connectivity index (χ0) is 18.8. The number of nitrogens with one attached hydrogen (secondary N) is 3. The van der Waals surface area contributed by atoms with E-state index < -0.39 is 5.91 Å². The summed E-state index contributed by atoms with van der Waals surface area (Å²) >= 11 is 0. The fraction of sp³-hybridized carbons (Fsp3) is 0.158. The molecular formula is C19H18N4O3. The molecule has 0 aliphatic rings. The molecule has 2 aromatic rings. The van der Waals surface area contributed by atoms with Crippen molar-refractivity contribution in [2.45, 2.75) is 13.0 Å². The summed E-state index contributed by atoms with van der Waals surface area (Å²) in [5.74, 6) is -1.03. The fourth-order valence-corrected chi connectivity index (χ4v) is 2.15. The normalized spacial score (nSPS) is 9.65. The van der Waals surface area contributed by atoms with Crippen LogP contribution >= 0.6 is 0 Å². The van der Waals surface area contributed by atoms with Crippen LogP contribution in [-0.4, -0.2) is 24.3 Å². The van der Waals surface area contributed by atoms with Crippen LogP contribution in [0.4, 0.5) is 5.69 Å². The number of anilines is 1. The highest BCUT2D eigenvalue weighted by molar-refractivity contribution is 5.96. The molecule has 0 fully saturated rings. The van der Waals surface area contributed by atoms with Crippen LogP contribution in [0.5, 0.6) is 0 Å². The largest absolute Gasteiger partial charge is 0.350 e. The lowest BCUT2D eigenvalue weighted by atomic mass is 10.2. The quantitative estimate of drug-likeness (QED) is 0.704. The van der Waals surface area contributed by atoms with Crippen molar-refractivity contribution in [2.75, 3.05) is 11.9 Å². The Labute approximate surface area is 151 Å². The average Bonchev–Trinajstić information content (AvgIpc) is 2.65. The van der Waals surface area contributed by atoms with Gasteiger partial charge in [-0.25, -0.2) is 0 Å². The third-order valence-corrected chi connectivity index (χ3v) is 3.39. The SMILES string of the molecule is N#CCC(=O)Nc1cccc(CNC(=O)CNC(=O)c2ccccc2)c1. The van der Waals surface area contributed by atoms with Gasteiger partial charge in [0.1, 0.15) is 6.42 Å². The molecule has 0 bridgehead atoms. The molecule has 0 saturated heterocycles. The molecule has 26 heavy (non-hydrogen) atoms. The van der Waals surface area contributed by atoms with Gasteiger partial charge >= 0.3 is 0 Å². The van der Waals surface area contributed by atoms with Crippen molar-refractivity contribution in [3.8, 4) is 6.07 Å². The summed E-state index contributed by atoms with van der Waals surface area (Å²) in [5, 5.41) is 16.3. The topological polar surface area (TPSA) is 111 Å². The van der Waals surface area contributed by atoms with Gasteiger partial charge in [-0.05, 0) is 29.8 Å². The van der Waals surface area contributed by atoms with E-state index in [9.17, 15) is 14.4 Å². The first-order valence-electron chi connectivity index (χ1n) is 7.94. The maximum atomic E-state index is 11.9. The molecule has 0 aromatic heterocycles. The Kier molecular flexibility index (Phi) is 6.89. The van der Waals surface area contributed by atoms with Gasteiger partial charge in [0.2, 0.25) is 11.8 Å². The predicted octanol–water partition coefficient (Wildman–Crippen LogP) is 1.58. The highest BCUT2D eigenvalue weighted by Crippen LogP contribution is 2.10. The number of carbonyl (C=O) groups excluding carboxylic acids is 3. The molecule has 3 N–H and O–H groups in total. The maximum absolute atomic E-state index is 11.9. The summed E-state index contributed by atoms with van der Waals surface area (Å²) < 4.78 is 0. The van der Waals surface area contributed by atoms with Crippen LogP contribution in [0.3, 0.4) is 0 Å². The molecule has 2 rings (SSSR count). The molecule has 0 aliphatic heterocycles. The van der Waals surface area contributed by atoms with E-state index in [0.29, 0.717) is 11.3 Å². The molecule has 0 aliphatic carbocycles. The van der Waals surface area contributed by atoms with Crippen LogP contribution in [0, 0.1) is 11.3 Å². The van der Waals surface area contributed by atoms with Crippen molar-refractivity contribution in [3.63, 3.8) is 0 Å². The molecule has 0 spiro atoms. The lowest BCUT2D eigenvalue weighted by Crippen LogP contribution is -2.36. The van der Waals surface area contributed by atoms with Gasteiger partial charge in [0.05, 0.1) is 12.6 Å². The van der Waals surface area contributed by atoms with Crippen LogP contribution in [0.15, 0.2) is 54.6 Å². The molecule has 0 radical (unpaired) electrons. The van der Waals surface area contributed by atoms with E-state index in [1.165, 1.54) is 0 Å². The minimum atomic E-state index is -0.391. The number of amides is 3. The highest BCUT2D eigenvalue weighted by atomic mass is 16.2. The van der Waals surface area contributed by atoms with Crippen molar-refractivity contribution in [2.24, 2.45) is 0 Å². The number of rotatable bonds is 7. The molecule has 0 atom stereocenters. The van der Waals surface area contributed by atoms with Crippen molar-refractivity contribution >= 4 is 23.4 Å². The first-order chi connectivity index (χ1) is 12.6. The lowest BCUT2D eigenvalue weighted by Gasteiger charge is -2.09. The molecule has 2 aromatic carbocycles. The van der Waals surface area contributed by atoms with Gasteiger partial charge in [0.25, 0.3) is 5.91 Å². The Morgan fingerprint density at radius 1 is 0.923 bits per heavy atom. The molecule has 7 heteroatoms. The van der Waals surface area contributed by atoms with Crippen LogP contribution in [0.1, 0.15) is 22.3 Å². The smallest absolute Gasteiger partial charge is 0.251 e. The minimum absolute atomic E-state index is 0.133. The minimum Gasteiger partial charge on any atom is -0.350 e. The Bertz CT molecular complexity index is 828. The molecule has 132 valence electrons. The van der Waals surface area contributed by atoms with Gasteiger partial charge in [-0.1, -0.05) is 30.3 Å². The summed E-state index contributed by atoms with van der Waals surface area (Å²) in [6.07, 6.45) is -0.220. The second-order valence-electron chi connectivity index (χ2n) is 5.41. The van der Waals surface area contributed by atoms with Gasteiger partial charge in [-0.15, -0.1) is 0 Å². The summed E-state index contributed by atoms with van der Waals surface area (Å²) in [5.41, 5.74) is 1.82. The van der Waals surface area contributed by atoms with E-state index >= 15 is 0 Å². The first-order valence-corrected chi connectivity index (χ1v) is 7.94. The van der Waals surface area contributed by atoms with E-state index in [4.69, 9.17) is 5.26 Å². The fourth-order valence-electron chi connectivity index (χ4n) is 2.15. The van der Waals surface area contributed by atoms with Crippen LogP contribution in [0.2, 0.25) is 0 Å². The number of carbonyl (C=O) groups is 3. The van der Waals surface area contributed by atoms with E-state index in [2.05, 4.69) is 16.0 Å². The van der Waals surface area contributed by atoms with Gasteiger partial charge in [-0.2, -0.15) is 5.26 Å². The van der Waals surface area contributed by atoms with E-state index in [0.717, 1.165) is 5.56 Å². The van der Waals surface area contributed by atoms with Gasteiger partial charge in [0, 0.05) is 17.8 Å². The highest BCUT2D eigenvalue weighted by Gasteiger charge is 2.08. The molecule has 0 saturated carbocycles. The van der Waals surface area contributed by atoms with E-state index in [1.54, 1.807) is 60.7 Å². The van der Waals surface area contributed by atoms with Crippen molar-refractivity contribution in [1.29, 1.82) is 5.26 Å². The Hall–Kier alpha value is -3.66. The molecule has 3 amide bonds. The molecule has 0 unspecified atom stereocenters. The zero-order valence-corrected chi connectivity index (χ0v) is 14.0. The summed E-state index contributed by atoms with van der Waals surface area (Å²) in [6, 6.07) is 17.3. The lowest BCUT2D eigenvalue weighted by molar-refractivity contribution is -0.120. The summed E-state index contributed by atoms with van der Waals surface area (Å²) in [4.78, 5) is 35.2. The standard InChI is InChI=1S/C19H18N4O3/c20-10-9-17(24)23-16-8-4-5-14(11-16)12-21-18(25)13-22-19(26)15-6-2-1-3-7-15/h1-8,11H,9,12-13H2,(H,21,25)(H,22,26)(H,23,24). The molecule has 0 heterocycles. The zero-order valence-electron chi connectivity index (χ0n) is 14.0. The second-order valence-corrected chi connectivity index (χ2v) is 5.41. The Morgan fingerprint density at radius 3 is 2.42 bits per heavy atom. The van der Waals surface area contributed by atoms with Gasteiger partial charge in [0.15, 0.2) is 0 Å². The molecule has 7 nitrogen and oxygen atoms in total. The second kappa shape index (κ2) is 9.59. The van der Waals surface area contributed by atoms with Crippen molar-refractivity contribution in [3.05, 3.63) is 65.7 Å². The summed E-state index contributed by atoms with van der Waals surface area (Å²) in [7, 11) is 0. The third-order valence-electron chi connectivity index (χ3n) is 3.39. The van der Waals surface area contributed by atoms with E-state index in [-0.39, 0.29) is 31.3 Å². The number of hydrogen-bond donors (Lipinski definition) is 3. The predicted molar refractivity (Wildman–Crippen MR) is 95.9 cm³/mol. The Morgan fingerprint density at radius 2 is 1.69 bits per heavy atom. The third kappa shape index (κ3) is 6.09. The van der Waals surface area contributed by atoms with E-state index in [1.807, 2.05) is 0 Å². The summed E-state index contributed by atoms with van der Waals surface area (Å²) in [6.45, 7) is 0.119. The number of nitriles is 1. The average molecular weight is 350 g/mol. The van der Waals surface area contributed by atoms with Crippen LogP contribution < -0.4 is 16.0 Å². The first kappa shape index (κ1) is 18.7. The molecular weight excluding hydrogens is 332 g/mol. The van der Waals surface area contributed by atoms with Gasteiger partial charge in [-0.3, -0.25) is 14.4 Å². The van der Waals surface area contributed by atoms with Crippen molar-refractivity contribution in [1.82, 2.24) is 10.6 Å². The monoisotopic (exact) mass is 350 g/mol. The Balaban J connectivity index is 1.79. The number of hydrogen-bond acceptors (Lipinski definition) is 4. The van der Waals surface area contributed by atoms with Crippen LogP contribution in [-0.2, 0) is 16.1 Å². The van der Waals surface area contributed by atoms with Gasteiger partial charge < -0.3 is 16.0 Å². The number of nitrogens with zero attached hydrogens (tertiary/aromatic N) is 1. The maximum Gasteiger partial charge on any atom is 0.251 e. The van der Waals surface area contributed by atoms with Crippen LogP contribution in [0.25, 0.3) is 0 Å². The number of benzene rings is 2.